The summed E-state index contributed by atoms with van der Waals surface area (Å²) in [5.74, 6) is 0.466. The van der Waals surface area contributed by atoms with E-state index in [0.717, 1.165) is 17.7 Å². The molecule has 0 aliphatic carbocycles. The van der Waals surface area contributed by atoms with Gasteiger partial charge in [-0.3, -0.25) is 4.98 Å². The Bertz CT molecular complexity index is 423. The molecule has 2 heterocycles. The zero-order valence-corrected chi connectivity index (χ0v) is 7.65. The number of hydrogen-bond donors (Lipinski definition) is 1. The maximum atomic E-state index is 11.5. The van der Waals surface area contributed by atoms with E-state index in [-0.39, 0.29) is 0 Å². The van der Waals surface area contributed by atoms with E-state index in [1.54, 1.807) is 6.20 Å². The van der Waals surface area contributed by atoms with Crippen LogP contribution in [0.2, 0.25) is 0 Å². The summed E-state index contributed by atoms with van der Waals surface area (Å²) < 4.78 is 19.1. The fourth-order valence-electron chi connectivity index (χ4n) is 1.46. The SMILES string of the molecule is Cc1cc2c(cn1)S(=N)(=O)CC2. The molecule has 0 radical (unpaired) electrons. The molecule has 1 aromatic heterocycles. The van der Waals surface area contributed by atoms with Crippen LogP contribution >= 0.6 is 0 Å². The van der Waals surface area contributed by atoms with Gasteiger partial charge in [-0.2, -0.15) is 0 Å². The fraction of sp³-hybridized carbons (Fsp3) is 0.375. The molecule has 0 saturated carbocycles. The van der Waals surface area contributed by atoms with Gasteiger partial charge in [0, 0.05) is 17.6 Å². The molecule has 2 rings (SSSR count). The Morgan fingerprint density at radius 3 is 3.17 bits per heavy atom. The van der Waals surface area contributed by atoms with Crippen molar-refractivity contribution in [3.8, 4) is 0 Å². The van der Waals surface area contributed by atoms with Gasteiger partial charge in [0.1, 0.15) is 0 Å². The molecule has 0 spiro atoms. The number of nitrogens with one attached hydrogen (secondary N) is 1. The van der Waals surface area contributed by atoms with Gasteiger partial charge < -0.3 is 0 Å². The summed E-state index contributed by atoms with van der Waals surface area (Å²) in [6.45, 7) is 1.91. The minimum absolute atomic E-state index is 0.466. The zero-order chi connectivity index (χ0) is 8.77. The number of aryl methyl sites for hydroxylation is 2. The van der Waals surface area contributed by atoms with E-state index in [0.29, 0.717) is 10.6 Å². The molecule has 3 nitrogen and oxygen atoms in total. The van der Waals surface area contributed by atoms with Gasteiger partial charge in [0.25, 0.3) is 0 Å². The lowest BCUT2D eigenvalue weighted by molar-refractivity contribution is 0.677. The molecule has 0 fully saturated rings. The maximum Gasteiger partial charge on any atom is 0.0747 e. The first-order valence-electron chi connectivity index (χ1n) is 3.81. The standard InChI is InChI=1S/C8H10N2OS/c1-6-4-7-2-3-12(9,11)8(7)5-10-6/h4-5,9H,2-3H2,1H3. The summed E-state index contributed by atoms with van der Waals surface area (Å²) in [5.41, 5.74) is 1.98. The van der Waals surface area contributed by atoms with Gasteiger partial charge in [-0.15, -0.1) is 0 Å². The van der Waals surface area contributed by atoms with Gasteiger partial charge in [0.15, 0.2) is 0 Å². The molecule has 1 N–H and O–H groups in total. The van der Waals surface area contributed by atoms with E-state index in [9.17, 15) is 4.21 Å². The normalized spacial score (nSPS) is 27.1. The molecule has 0 bridgehead atoms. The quantitative estimate of drug-likeness (QED) is 0.658. The van der Waals surface area contributed by atoms with Crippen molar-refractivity contribution in [1.29, 1.82) is 4.78 Å². The third-order valence-electron chi connectivity index (χ3n) is 2.10. The molecular formula is C8H10N2OS. The Morgan fingerprint density at radius 2 is 2.42 bits per heavy atom. The largest absolute Gasteiger partial charge is 0.260 e. The van der Waals surface area contributed by atoms with Crippen molar-refractivity contribution in [3.05, 3.63) is 23.5 Å². The van der Waals surface area contributed by atoms with Crippen LogP contribution in [0.1, 0.15) is 11.3 Å². The number of fused-ring (bicyclic) bond motifs is 1. The highest BCUT2D eigenvalue weighted by molar-refractivity contribution is 7.92. The number of pyridine rings is 1. The molecule has 0 saturated heterocycles. The van der Waals surface area contributed by atoms with Gasteiger partial charge in [0.05, 0.1) is 14.6 Å². The first-order valence-corrected chi connectivity index (χ1v) is 5.54. The molecule has 1 atom stereocenters. The van der Waals surface area contributed by atoms with Gasteiger partial charge in [-0.1, -0.05) is 0 Å². The van der Waals surface area contributed by atoms with Crippen molar-refractivity contribution in [2.24, 2.45) is 0 Å². The average molecular weight is 182 g/mol. The number of nitrogens with zero attached hydrogens (tertiary/aromatic N) is 1. The van der Waals surface area contributed by atoms with Crippen LogP contribution in [-0.2, 0) is 16.1 Å². The molecule has 1 aliphatic rings. The molecule has 64 valence electrons. The zero-order valence-electron chi connectivity index (χ0n) is 6.83. The lowest BCUT2D eigenvalue weighted by Crippen LogP contribution is -1.96. The topological polar surface area (TPSA) is 53.8 Å². The lowest BCUT2D eigenvalue weighted by Gasteiger charge is -1.99. The van der Waals surface area contributed by atoms with Crippen molar-refractivity contribution >= 4 is 9.73 Å². The van der Waals surface area contributed by atoms with E-state index in [1.807, 2.05) is 13.0 Å². The van der Waals surface area contributed by atoms with Crippen molar-refractivity contribution in [2.45, 2.75) is 18.2 Å². The monoisotopic (exact) mass is 182 g/mol. The number of aromatic nitrogens is 1. The van der Waals surface area contributed by atoms with Crippen LogP contribution in [0.5, 0.6) is 0 Å². The highest BCUT2D eigenvalue weighted by atomic mass is 32.2. The summed E-state index contributed by atoms with van der Waals surface area (Å²) in [4.78, 5) is 4.69. The first-order chi connectivity index (χ1) is 5.59. The highest BCUT2D eigenvalue weighted by Crippen LogP contribution is 2.25. The van der Waals surface area contributed by atoms with E-state index in [4.69, 9.17) is 4.78 Å². The third kappa shape index (κ3) is 1.03. The molecule has 0 amide bonds. The number of rotatable bonds is 0. The predicted octanol–water partition coefficient (Wildman–Crippen LogP) is 1.35. The van der Waals surface area contributed by atoms with Crippen LogP contribution in [0.4, 0.5) is 0 Å². The minimum atomic E-state index is -2.48. The predicted molar refractivity (Wildman–Crippen MR) is 46.7 cm³/mol. The Kier molecular flexibility index (Phi) is 1.48. The Morgan fingerprint density at radius 1 is 1.67 bits per heavy atom. The molecule has 12 heavy (non-hydrogen) atoms. The molecular weight excluding hydrogens is 172 g/mol. The van der Waals surface area contributed by atoms with Crippen LogP contribution in [0, 0.1) is 11.7 Å². The summed E-state index contributed by atoms with van der Waals surface area (Å²) in [7, 11) is -2.48. The van der Waals surface area contributed by atoms with Gasteiger partial charge in [0.2, 0.25) is 0 Å². The second-order valence-electron chi connectivity index (χ2n) is 3.06. The van der Waals surface area contributed by atoms with Crippen molar-refractivity contribution in [2.75, 3.05) is 5.75 Å². The third-order valence-corrected chi connectivity index (χ3v) is 3.96. The van der Waals surface area contributed by atoms with Gasteiger partial charge in [-0.05, 0) is 25.0 Å². The van der Waals surface area contributed by atoms with E-state index < -0.39 is 9.73 Å². The first kappa shape index (κ1) is 7.73. The summed E-state index contributed by atoms with van der Waals surface area (Å²) >= 11 is 0. The second-order valence-corrected chi connectivity index (χ2v) is 5.26. The van der Waals surface area contributed by atoms with Gasteiger partial charge >= 0.3 is 0 Å². The lowest BCUT2D eigenvalue weighted by atomic mass is 10.2. The Hall–Kier alpha value is -0.900. The van der Waals surface area contributed by atoms with Crippen molar-refractivity contribution in [3.63, 3.8) is 0 Å². The van der Waals surface area contributed by atoms with Crippen molar-refractivity contribution in [1.82, 2.24) is 4.98 Å². The molecule has 1 unspecified atom stereocenters. The molecule has 0 aromatic carbocycles. The Labute approximate surface area is 71.8 Å². The van der Waals surface area contributed by atoms with E-state index in [1.165, 1.54) is 0 Å². The van der Waals surface area contributed by atoms with Crippen LogP contribution in [0.25, 0.3) is 0 Å². The van der Waals surface area contributed by atoms with Crippen LogP contribution in [-0.4, -0.2) is 14.9 Å². The molecule has 1 aliphatic heterocycles. The van der Waals surface area contributed by atoms with Crippen LogP contribution < -0.4 is 0 Å². The summed E-state index contributed by atoms with van der Waals surface area (Å²) in [6.07, 6.45) is 2.36. The van der Waals surface area contributed by atoms with Crippen molar-refractivity contribution < 1.29 is 4.21 Å². The smallest absolute Gasteiger partial charge is 0.0747 e. The maximum absolute atomic E-state index is 11.5. The van der Waals surface area contributed by atoms with E-state index in [2.05, 4.69) is 4.98 Å². The van der Waals surface area contributed by atoms with Crippen LogP contribution in [0.3, 0.4) is 0 Å². The highest BCUT2D eigenvalue weighted by Gasteiger charge is 2.22. The molecule has 1 aromatic rings. The Balaban J connectivity index is 2.71. The fourth-order valence-corrected chi connectivity index (χ4v) is 2.99. The summed E-state index contributed by atoms with van der Waals surface area (Å²) in [6, 6.07) is 1.93. The summed E-state index contributed by atoms with van der Waals surface area (Å²) in [5, 5.41) is 0. The second kappa shape index (κ2) is 2.29. The molecule has 4 heteroatoms. The average Bonchev–Trinajstić information content (AvgIpc) is 2.27. The van der Waals surface area contributed by atoms with Gasteiger partial charge in [-0.25, -0.2) is 8.99 Å². The van der Waals surface area contributed by atoms with Crippen LogP contribution in [0.15, 0.2) is 17.2 Å². The minimum Gasteiger partial charge on any atom is -0.260 e. The number of hydrogen-bond acceptors (Lipinski definition) is 3. The van der Waals surface area contributed by atoms with E-state index >= 15 is 0 Å².